The van der Waals surface area contributed by atoms with E-state index < -0.39 is 6.09 Å². The molecule has 0 saturated carbocycles. The fourth-order valence-electron chi connectivity index (χ4n) is 3.27. The minimum atomic E-state index is -0.437. The zero-order chi connectivity index (χ0) is 22.4. The number of carbonyl (C=O) groups is 3. The largest absolute Gasteiger partial charge is 0.489 e. The number of carbonyl (C=O) groups excluding carboxylic acids is 3. The molecule has 0 unspecified atom stereocenters. The van der Waals surface area contributed by atoms with Crippen molar-refractivity contribution >= 4 is 17.7 Å². The van der Waals surface area contributed by atoms with Gasteiger partial charge in [-0.3, -0.25) is 9.59 Å². The van der Waals surface area contributed by atoms with Gasteiger partial charge < -0.3 is 24.6 Å². The van der Waals surface area contributed by atoms with E-state index in [1.54, 1.807) is 6.92 Å². The SMILES string of the molecule is COC1=C(OC)C(=O)C(CCCCCCCCCNC(=O)OCCCO)=C(C)C1=O. The van der Waals surface area contributed by atoms with Gasteiger partial charge in [-0.05, 0) is 26.2 Å². The Labute approximate surface area is 178 Å². The van der Waals surface area contributed by atoms with Crippen LogP contribution in [0.2, 0.25) is 0 Å². The van der Waals surface area contributed by atoms with Crippen molar-refractivity contribution in [2.45, 2.75) is 64.7 Å². The molecule has 0 aromatic carbocycles. The van der Waals surface area contributed by atoms with Crippen LogP contribution in [0.5, 0.6) is 0 Å². The highest BCUT2D eigenvalue weighted by atomic mass is 16.5. The van der Waals surface area contributed by atoms with Gasteiger partial charge in [0.15, 0.2) is 0 Å². The van der Waals surface area contributed by atoms with Gasteiger partial charge in [-0.25, -0.2) is 4.79 Å². The maximum absolute atomic E-state index is 12.5. The lowest BCUT2D eigenvalue weighted by atomic mass is 9.89. The van der Waals surface area contributed by atoms with Gasteiger partial charge in [-0.15, -0.1) is 0 Å². The van der Waals surface area contributed by atoms with Crippen LogP contribution < -0.4 is 5.32 Å². The van der Waals surface area contributed by atoms with Crippen LogP contribution >= 0.6 is 0 Å². The van der Waals surface area contributed by atoms with Crippen LogP contribution in [0.15, 0.2) is 22.7 Å². The van der Waals surface area contributed by atoms with Gasteiger partial charge in [-0.2, -0.15) is 0 Å². The molecule has 0 heterocycles. The number of unbranched alkanes of at least 4 members (excludes halogenated alkanes) is 6. The van der Waals surface area contributed by atoms with Crippen molar-refractivity contribution in [3.05, 3.63) is 22.7 Å². The van der Waals surface area contributed by atoms with Crippen LogP contribution in [0, 0.1) is 0 Å². The van der Waals surface area contributed by atoms with Gasteiger partial charge in [0.05, 0.1) is 20.8 Å². The molecule has 8 heteroatoms. The number of methoxy groups -OCH3 is 2. The summed E-state index contributed by atoms with van der Waals surface area (Å²) in [6, 6.07) is 0. The third-order valence-corrected chi connectivity index (χ3v) is 5.00. The van der Waals surface area contributed by atoms with Crippen LogP contribution in [0.25, 0.3) is 0 Å². The van der Waals surface area contributed by atoms with Crippen LogP contribution in [-0.4, -0.2) is 56.7 Å². The van der Waals surface area contributed by atoms with Crippen molar-refractivity contribution < 1.29 is 33.7 Å². The van der Waals surface area contributed by atoms with Crippen LogP contribution in [0.4, 0.5) is 4.79 Å². The van der Waals surface area contributed by atoms with Crippen molar-refractivity contribution in [1.29, 1.82) is 0 Å². The lowest BCUT2D eigenvalue weighted by Gasteiger charge is -2.20. The Hall–Kier alpha value is -2.35. The predicted molar refractivity (Wildman–Crippen MR) is 112 cm³/mol. The number of allylic oxidation sites excluding steroid dienone is 2. The summed E-state index contributed by atoms with van der Waals surface area (Å²) in [5, 5.41) is 11.3. The van der Waals surface area contributed by atoms with Crippen molar-refractivity contribution in [3.63, 3.8) is 0 Å². The van der Waals surface area contributed by atoms with Crippen LogP contribution in [0.1, 0.15) is 64.7 Å². The Morgan fingerprint density at radius 3 is 2.03 bits per heavy atom. The number of nitrogens with one attached hydrogen (secondary N) is 1. The molecule has 0 aromatic heterocycles. The van der Waals surface area contributed by atoms with E-state index in [2.05, 4.69) is 5.32 Å². The van der Waals surface area contributed by atoms with Crippen LogP contribution in [-0.2, 0) is 23.8 Å². The molecular formula is C22H35NO7. The summed E-state index contributed by atoms with van der Waals surface area (Å²) in [5.74, 6) is -0.561. The molecule has 1 aliphatic carbocycles. The van der Waals surface area contributed by atoms with Crippen molar-refractivity contribution in [1.82, 2.24) is 5.32 Å². The maximum Gasteiger partial charge on any atom is 0.407 e. The van der Waals surface area contributed by atoms with Gasteiger partial charge in [0.1, 0.15) is 0 Å². The second kappa shape index (κ2) is 14.6. The molecule has 0 fully saturated rings. The molecule has 0 aromatic rings. The number of rotatable bonds is 15. The molecule has 1 amide bonds. The summed E-state index contributed by atoms with van der Waals surface area (Å²) in [7, 11) is 2.73. The number of ether oxygens (including phenoxy) is 3. The van der Waals surface area contributed by atoms with Gasteiger partial charge in [-0.1, -0.05) is 32.1 Å². The number of Topliss-reactive ketones (excluding diaryl/α,β-unsaturated/α-hetero) is 2. The number of alkyl carbamates (subject to hydrolysis) is 1. The molecule has 0 bridgehead atoms. The fraction of sp³-hybridized carbons (Fsp3) is 0.682. The van der Waals surface area contributed by atoms with Gasteiger partial charge >= 0.3 is 6.09 Å². The second-order valence-corrected chi connectivity index (χ2v) is 7.19. The molecule has 0 atom stereocenters. The molecule has 0 spiro atoms. The number of amides is 1. The number of hydrogen-bond acceptors (Lipinski definition) is 7. The van der Waals surface area contributed by atoms with E-state index in [1.165, 1.54) is 14.2 Å². The quantitative estimate of drug-likeness (QED) is 0.306. The number of aliphatic hydroxyl groups is 1. The first kappa shape index (κ1) is 25.7. The lowest BCUT2D eigenvalue weighted by molar-refractivity contribution is -0.121. The summed E-state index contributed by atoms with van der Waals surface area (Å²) in [4.78, 5) is 36.2. The van der Waals surface area contributed by atoms with Crippen molar-refractivity contribution in [2.75, 3.05) is 34.0 Å². The molecule has 1 rings (SSSR count). The second-order valence-electron chi connectivity index (χ2n) is 7.19. The Kier molecular flexibility index (Phi) is 12.5. The summed E-state index contributed by atoms with van der Waals surface area (Å²) in [5.41, 5.74) is 0.967. The highest BCUT2D eigenvalue weighted by Crippen LogP contribution is 2.28. The topological polar surface area (TPSA) is 111 Å². The van der Waals surface area contributed by atoms with E-state index in [9.17, 15) is 14.4 Å². The highest BCUT2D eigenvalue weighted by Gasteiger charge is 2.34. The zero-order valence-corrected chi connectivity index (χ0v) is 18.4. The number of hydrogen-bond donors (Lipinski definition) is 2. The predicted octanol–water partition coefficient (Wildman–Crippen LogP) is 3.19. The van der Waals surface area contributed by atoms with E-state index in [0.29, 0.717) is 30.5 Å². The molecule has 170 valence electrons. The zero-order valence-electron chi connectivity index (χ0n) is 18.4. The molecule has 0 radical (unpaired) electrons. The third kappa shape index (κ3) is 8.18. The van der Waals surface area contributed by atoms with Gasteiger partial charge in [0.25, 0.3) is 0 Å². The van der Waals surface area contributed by atoms with Crippen molar-refractivity contribution in [3.8, 4) is 0 Å². The Balaban J connectivity index is 2.16. The molecule has 8 nitrogen and oxygen atoms in total. The molecular weight excluding hydrogens is 390 g/mol. The summed E-state index contributed by atoms with van der Waals surface area (Å²) >= 11 is 0. The summed E-state index contributed by atoms with van der Waals surface area (Å²) in [6.45, 7) is 2.49. The molecule has 0 saturated heterocycles. The van der Waals surface area contributed by atoms with E-state index in [0.717, 1.165) is 44.9 Å². The monoisotopic (exact) mass is 425 g/mol. The first-order valence-corrected chi connectivity index (χ1v) is 10.6. The first-order valence-electron chi connectivity index (χ1n) is 10.6. The highest BCUT2D eigenvalue weighted by molar-refractivity contribution is 6.23. The van der Waals surface area contributed by atoms with Crippen molar-refractivity contribution in [2.24, 2.45) is 0 Å². The smallest absolute Gasteiger partial charge is 0.407 e. The molecule has 30 heavy (non-hydrogen) atoms. The summed E-state index contributed by atoms with van der Waals surface area (Å²) in [6.07, 6.45) is 7.53. The maximum atomic E-state index is 12.5. The fourth-order valence-corrected chi connectivity index (χ4v) is 3.27. The van der Waals surface area contributed by atoms with E-state index in [4.69, 9.17) is 19.3 Å². The Morgan fingerprint density at radius 2 is 1.43 bits per heavy atom. The normalized spacial score (nSPS) is 14.3. The van der Waals surface area contributed by atoms with Crippen LogP contribution in [0.3, 0.4) is 0 Å². The average molecular weight is 426 g/mol. The third-order valence-electron chi connectivity index (χ3n) is 5.00. The first-order chi connectivity index (χ1) is 14.5. The number of aliphatic hydroxyl groups excluding tert-OH is 1. The van der Waals surface area contributed by atoms with E-state index >= 15 is 0 Å². The van der Waals surface area contributed by atoms with E-state index in [1.807, 2.05) is 0 Å². The molecule has 0 aliphatic heterocycles. The van der Waals surface area contributed by atoms with Gasteiger partial charge in [0.2, 0.25) is 23.1 Å². The standard InChI is InChI=1S/C22H35NO7/c1-16-17(19(26)21(29-3)20(28-2)18(16)25)12-9-7-5-4-6-8-10-13-23-22(27)30-15-11-14-24/h24H,4-15H2,1-3H3,(H,23,27). The Bertz CT molecular complexity index is 652. The molecule has 1 aliphatic rings. The molecule has 2 N–H and O–H groups in total. The number of ketones is 2. The Morgan fingerprint density at radius 1 is 0.867 bits per heavy atom. The minimum absolute atomic E-state index is 0.00557. The average Bonchev–Trinajstić information content (AvgIpc) is 2.74. The lowest BCUT2D eigenvalue weighted by Crippen LogP contribution is -2.25. The van der Waals surface area contributed by atoms with Gasteiger partial charge in [0, 0.05) is 30.7 Å². The minimum Gasteiger partial charge on any atom is -0.489 e. The summed E-state index contributed by atoms with van der Waals surface area (Å²) < 4.78 is 15.0. The van der Waals surface area contributed by atoms with E-state index in [-0.39, 0.29) is 36.3 Å².